The van der Waals surface area contributed by atoms with Crippen LogP contribution >= 0.6 is 23.2 Å². The fraction of sp³-hybridized carbons (Fsp3) is 0.478. The second kappa shape index (κ2) is 7.78. The third-order valence-corrected chi connectivity index (χ3v) is 6.96. The van der Waals surface area contributed by atoms with Gasteiger partial charge in [0.15, 0.2) is 0 Å². The van der Waals surface area contributed by atoms with Gasteiger partial charge < -0.3 is 15.4 Å². The van der Waals surface area contributed by atoms with Crippen molar-refractivity contribution in [2.75, 3.05) is 18.4 Å². The maximum absolute atomic E-state index is 6.55. The molecule has 2 aromatic carbocycles. The second-order valence-corrected chi connectivity index (χ2v) is 9.14. The van der Waals surface area contributed by atoms with Crippen LogP contribution in [0.5, 0.6) is 5.75 Å². The molecule has 2 fully saturated rings. The molecule has 3 nitrogen and oxygen atoms in total. The van der Waals surface area contributed by atoms with Gasteiger partial charge in [0.2, 0.25) is 0 Å². The van der Waals surface area contributed by atoms with E-state index in [4.69, 9.17) is 27.9 Å². The largest absolute Gasteiger partial charge is 0.487 e. The minimum atomic E-state index is 0.277. The highest BCUT2D eigenvalue weighted by Gasteiger charge is 2.38. The van der Waals surface area contributed by atoms with Gasteiger partial charge in [0.1, 0.15) is 11.9 Å². The highest BCUT2D eigenvalue weighted by molar-refractivity contribution is 6.36. The third kappa shape index (κ3) is 3.49. The van der Waals surface area contributed by atoms with Crippen molar-refractivity contribution in [1.29, 1.82) is 0 Å². The van der Waals surface area contributed by atoms with E-state index in [0.717, 1.165) is 42.1 Å². The Morgan fingerprint density at radius 1 is 1.00 bits per heavy atom. The van der Waals surface area contributed by atoms with Gasteiger partial charge in [-0.25, -0.2) is 0 Å². The number of nitrogens with one attached hydrogen (secondary N) is 2. The number of anilines is 1. The van der Waals surface area contributed by atoms with E-state index in [0.29, 0.717) is 22.0 Å². The number of hydrogen-bond acceptors (Lipinski definition) is 3. The first kappa shape index (κ1) is 18.6. The minimum Gasteiger partial charge on any atom is -0.487 e. The van der Waals surface area contributed by atoms with Crippen molar-refractivity contribution in [3.8, 4) is 16.9 Å². The van der Waals surface area contributed by atoms with Crippen LogP contribution in [0, 0.1) is 0 Å². The lowest BCUT2D eigenvalue weighted by Gasteiger charge is -2.25. The molecule has 1 saturated heterocycles. The zero-order chi connectivity index (χ0) is 19.1. The molecule has 148 valence electrons. The number of hydrogen-bond donors (Lipinski definition) is 2. The number of halogens is 2. The Morgan fingerprint density at radius 2 is 1.86 bits per heavy atom. The van der Waals surface area contributed by atoms with Crippen molar-refractivity contribution >= 4 is 28.9 Å². The smallest absolute Gasteiger partial charge is 0.146 e. The van der Waals surface area contributed by atoms with E-state index >= 15 is 0 Å². The number of ether oxygens (including phenoxy) is 1. The monoisotopic (exact) mass is 416 g/mol. The molecule has 2 atom stereocenters. The highest BCUT2D eigenvalue weighted by atomic mass is 35.5. The molecule has 0 aromatic heterocycles. The van der Waals surface area contributed by atoms with Crippen molar-refractivity contribution < 1.29 is 4.74 Å². The van der Waals surface area contributed by atoms with Gasteiger partial charge in [-0.05, 0) is 55.6 Å². The SMILES string of the molecule is Clc1ccc(-c2cc(NC3CCCCC3)c3c(c2)C2CNCCC2O3)c(Cl)c1. The average Bonchev–Trinajstić information content (AvgIpc) is 3.08. The normalized spacial score (nSPS) is 24.4. The fourth-order valence-corrected chi connectivity index (χ4v) is 5.47. The van der Waals surface area contributed by atoms with Crippen LogP contribution in [0.1, 0.15) is 50.0 Å². The summed E-state index contributed by atoms with van der Waals surface area (Å²) in [5, 5.41) is 8.70. The van der Waals surface area contributed by atoms with Crippen molar-refractivity contribution in [3.05, 3.63) is 45.9 Å². The van der Waals surface area contributed by atoms with E-state index in [9.17, 15) is 0 Å². The molecule has 0 radical (unpaired) electrons. The van der Waals surface area contributed by atoms with Gasteiger partial charge in [0, 0.05) is 39.7 Å². The summed E-state index contributed by atoms with van der Waals surface area (Å²) in [4.78, 5) is 0. The molecule has 0 amide bonds. The molecule has 2 unspecified atom stereocenters. The molecule has 1 saturated carbocycles. The summed E-state index contributed by atoms with van der Waals surface area (Å²) in [6.07, 6.45) is 7.75. The van der Waals surface area contributed by atoms with Crippen LogP contribution in [0.15, 0.2) is 30.3 Å². The summed E-state index contributed by atoms with van der Waals surface area (Å²) in [5.74, 6) is 1.46. The maximum atomic E-state index is 6.55. The van der Waals surface area contributed by atoms with Crippen molar-refractivity contribution in [1.82, 2.24) is 5.32 Å². The van der Waals surface area contributed by atoms with E-state index in [1.165, 1.54) is 37.7 Å². The quantitative estimate of drug-likeness (QED) is 0.620. The number of benzene rings is 2. The van der Waals surface area contributed by atoms with Crippen LogP contribution in [0.4, 0.5) is 5.69 Å². The van der Waals surface area contributed by atoms with E-state index in [2.05, 4.69) is 22.8 Å². The molecule has 0 spiro atoms. The summed E-state index contributed by atoms with van der Waals surface area (Å²) in [6.45, 7) is 1.99. The van der Waals surface area contributed by atoms with Crippen molar-refractivity contribution in [2.24, 2.45) is 0 Å². The average molecular weight is 417 g/mol. The Morgan fingerprint density at radius 3 is 2.68 bits per heavy atom. The summed E-state index contributed by atoms with van der Waals surface area (Å²) >= 11 is 12.7. The lowest BCUT2D eigenvalue weighted by Crippen LogP contribution is -2.37. The first-order valence-electron chi connectivity index (χ1n) is 10.5. The molecular weight excluding hydrogens is 391 g/mol. The van der Waals surface area contributed by atoms with E-state index < -0.39 is 0 Å². The topological polar surface area (TPSA) is 33.3 Å². The lowest BCUT2D eigenvalue weighted by atomic mass is 9.88. The zero-order valence-corrected chi connectivity index (χ0v) is 17.5. The summed E-state index contributed by atoms with van der Waals surface area (Å²) in [7, 11) is 0. The standard InChI is InChI=1S/C23H26Cl2N2O/c24-15-6-7-17(20(25)12-15)14-10-18-19-13-26-9-8-22(19)28-23(18)21(11-14)27-16-4-2-1-3-5-16/h6-7,10-12,16,19,22,26-27H,1-5,8-9,13H2. The van der Waals surface area contributed by atoms with Crippen LogP contribution in [-0.2, 0) is 0 Å². The van der Waals surface area contributed by atoms with Crippen molar-refractivity contribution in [3.63, 3.8) is 0 Å². The van der Waals surface area contributed by atoms with Gasteiger partial charge in [-0.15, -0.1) is 0 Å². The Balaban J connectivity index is 1.57. The molecule has 2 aliphatic heterocycles. The van der Waals surface area contributed by atoms with Gasteiger partial charge in [0.25, 0.3) is 0 Å². The van der Waals surface area contributed by atoms with Gasteiger partial charge in [-0.1, -0.05) is 48.5 Å². The molecular formula is C23H26Cl2N2O. The molecule has 5 heteroatoms. The van der Waals surface area contributed by atoms with Gasteiger partial charge in [0.05, 0.1) is 5.69 Å². The molecule has 2 heterocycles. The molecule has 2 N–H and O–H groups in total. The zero-order valence-electron chi connectivity index (χ0n) is 15.9. The van der Waals surface area contributed by atoms with Crippen LogP contribution in [0.3, 0.4) is 0 Å². The van der Waals surface area contributed by atoms with Crippen LogP contribution in [-0.4, -0.2) is 25.2 Å². The number of piperidine rings is 1. The number of fused-ring (bicyclic) bond motifs is 3. The Bertz CT molecular complexity index is 879. The Labute approximate surface area is 176 Å². The predicted molar refractivity (Wildman–Crippen MR) is 117 cm³/mol. The molecule has 5 rings (SSSR count). The molecule has 2 aromatic rings. The summed E-state index contributed by atoms with van der Waals surface area (Å²) in [5.41, 5.74) is 4.58. The van der Waals surface area contributed by atoms with Crippen molar-refractivity contribution in [2.45, 2.75) is 56.6 Å². The van der Waals surface area contributed by atoms with Crippen LogP contribution < -0.4 is 15.4 Å². The first-order valence-corrected chi connectivity index (χ1v) is 11.2. The van der Waals surface area contributed by atoms with E-state index in [1.807, 2.05) is 18.2 Å². The third-order valence-electron chi connectivity index (χ3n) is 6.41. The van der Waals surface area contributed by atoms with Crippen LogP contribution in [0.2, 0.25) is 10.0 Å². The maximum Gasteiger partial charge on any atom is 0.146 e. The molecule has 28 heavy (non-hydrogen) atoms. The predicted octanol–water partition coefficient (Wildman–Crippen LogP) is 6.24. The molecule has 3 aliphatic rings. The van der Waals surface area contributed by atoms with Gasteiger partial charge >= 0.3 is 0 Å². The Kier molecular flexibility index (Phi) is 5.17. The van der Waals surface area contributed by atoms with E-state index in [1.54, 1.807) is 0 Å². The summed E-state index contributed by atoms with van der Waals surface area (Å²) in [6, 6.07) is 10.8. The van der Waals surface area contributed by atoms with E-state index in [-0.39, 0.29) is 6.10 Å². The van der Waals surface area contributed by atoms with Gasteiger partial charge in [-0.2, -0.15) is 0 Å². The van der Waals surface area contributed by atoms with Gasteiger partial charge in [-0.3, -0.25) is 0 Å². The highest BCUT2D eigenvalue weighted by Crippen LogP contribution is 2.48. The Hall–Kier alpha value is -1.42. The molecule has 0 bridgehead atoms. The minimum absolute atomic E-state index is 0.277. The first-order chi connectivity index (χ1) is 13.7. The molecule has 1 aliphatic carbocycles. The number of rotatable bonds is 3. The second-order valence-electron chi connectivity index (χ2n) is 8.30. The fourth-order valence-electron chi connectivity index (χ4n) is 4.95. The van der Waals surface area contributed by atoms with Crippen LogP contribution in [0.25, 0.3) is 11.1 Å². The summed E-state index contributed by atoms with van der Waals surface area (Å²) < 4.78 is 6.47. The lowest BCUT2D eigenvalue weighted by molar-refractivity contribution is 0.173.